The second-order valence-corrected chi connectivity index (χ2v) is 5.19. The summed E-state index contributed by atoms with van der Waals surface area (Å²) >= 11 is 0. The highest BCUT2D eigenvalue weighted by Gasteiger charge is 2.22. The van der Waals surface area contributed by atoms with E-state index in [2.05, 4.69) is 41.2 Å². The van der Waals surface area contributed by atoms with Crippen molar-refractivity contribution in [2.45, 2.75) is 39.7 Å². The molecule has 1 atom stereocenters. The lowest BCUT2D eigenvalue weighted by molar-refractivity contribution is 0.529. The van der Waals surface area contributed by atoms with Gasteiger partial charge < -0.3 is 10.2 Å². The molecule has 0 aliphatic carbocycles. The largest absolute Gasteiger partial charge is 0.356 e. The lowest BCUT2D eigenvalue weighted by Crippen LogP contribution is -2.21. The van der Waals surface area contributed by atoms with Crippen LogP contribution in [0.15, 0.2) is 18.3 Å². The summed E-state index contributed by atoms with van der Waals surface area (Å²) in [5.41, 5.74) is 1.27. The van der Waals surface area contributed by atoms with Crippen molar-refractivity contribution in [3.05, 3.63) is 23.9 Å². The molecule has 1 N–H and O–H groups in total. The molecule has 2 heterocycles. The zero-order chi connectivity index (χ0) is 12.8. The predicted octanol–water partition coefficient (Wildman–Crippen LogP) is 2.82. The molecule has 0 amide bonds. The SMILES string of the molecule is CCCC1CCN(c2ccc(CNCC)cn2)C1. The van der Waals surface area contributed by atoms with Gasteiger partial charge in [0.2, 0.25) is 0 Å². The van der Waals surface area contributed by atoms with Crippen LogP contribution in [0.3, 0.4) is 0 Å². The Balaban J connectivity index is 1.90. The Labute approximate surface area is 111 Å². The van der Waals surface area contributed by atoms with Gasteiger partial charge in [-0.05, 0) is 36.9 Å². The van der Waals surface area contributed by atoms with Crippen LogP contribution in [0.1, 0.15) is 38.7 Å². The first-order chi connectivity index (χ1) is 8.83. The number of pyridine rings is 1. The summed E-state index contributed by atoms with van der Waals surface area (Å²) in [5.74, 6) is 2.02. The molecule has 1 unspecified atom stereocenters. The van der Waals surface area contributed by atoms with Crippen LogP contribution in [0.4, 0.5) is 5.82 Å². The molecule has 2 rings (SSSR count). The summed E-state index contributed by atoms with van der Waals surface area (Å²) in [6.07, 6.45) is 5.99. The van der Waals surface area contributed by atoms with Gasteiger partial charge in [0.05, 0.1) is 0 Å². The molecule has 1 aliphatic heterocycles. The molecule has 1 aromatic heterocycles. The number of anilines is 1. The van der Waals surface area contributed by atoms with Crippen molar-refractivity contribution in [3.8, 4) is 0 Å². The van der Waals surface area contributed by atoms with Gasteiger partial charge in [0.25, 0.3) is 0 Å². The van der Waals surface area contributed by atoms with Crippen molar-refractivity contribution < 1.29 is 0 Å². The maximum atomic E-state index is 4.59. The summed E-state index contributed by atoms with van der Waals surface area (Å²) in [5, 5.41) is 3.32. The summed E-state index contributed by atoms with van der Waals surface area (Å²) in [6.45, 7) is 8.68. The van der Waals surface area contributed by atoms with Crippen molar-refractivity contribution in [3.63, 3.8) is 0 Å². The molecule has 0 bridgehead atoms. The minimum Gasteiger partial charge on any atom is -0.356 e. The molecule has 1 aliphatic rings. The molecule has 0 radical (unpaired) electrons. The topological polar surface area (TPSA) is 28.2 Å². The molecule has 3 nitrogen and oxygen atoms in total. The fourth-order valence-corrected chi connectivity index (χ4v) is 2.66. The van der Waals surface area contributed by atoms with Gasteiger partial charge in [-0.2, -0.15) is 0 Å². The van der Waals surface area contributed by atoms with E-state index in [9.17, 15) is 0 Å². The van der Waals surface area contributed by atoms with Crippen molar-refractivity contribution >= 4 is 5.82 Å². The Morgan fingerprint density at radius 2 is 2.28 bits per heavy atom. The molecule has 100 valence electrons. The summed E-state index contributed by atoms with van der Waals surface area (Å²) in [7, 11) is 0. The first-order valence-corrected chi connectivity index (χ1v) is 7.24. The van der Waals surface area contributed by atoms with Gasteiger partial charge in [0.1, 0.15) is 5.82 Å². The smallest absolute Gasteiger partial charge is 0.128 e. The first kappa shape index (κ1) is 13.3. The van der Waals surface area contributed by atoms with E-state index < -0.39 is 0 Å². The van der Waals surface area contributed by atoms with E-state index in [-0.39, 0.29) is 0 Å². The standard InChI is InChI=1S/C15H25N3/c1-3-5-13-8-9-18(12-13)15-7-6-14(11-17-15)10-16-4-2/h6-7,11,13,16H,3-5,8-10,12H2,1-2H3. The maximum absolute atomic E-state index is 4.59. The van der Waals surface area contributed by atoms with Crippen LogP contribution in [0.5, 0.6) is 0 Å². The van der Waals surface area contributed by atoms with Gasteiger partial charge in [0.15, 0.2) is 0 Å². The van der Waals surface area contributed by atoms with E-state index in [1.54, 1.807) is 0 Å². The van der Waals surface area contributed by atoms with Gasteiger partial charge in [-0.15, -0.1) is 0 Å². The Morgan fingerprint density at radius 3 is 2.94 bits per heavy atom. The molecule has 3 heteroatoms. The van der Waals surface area contributed by atoms with Gasteiger partial charge in [-0.3, -0.25) is 0 Å². The van der Waals surface area contributed by atoms with E-state index in [0.29, 0.717) is 0 Å². The third kappa shape index (κ3) is 3.45. The average Bonchev–Trinajstić information content (AvgIpc) is 2.86. The zero-order valence-electron chi connectivity index (χ0n) is 11.7. The Morgan fingerprint density at radius 1 is 1.39 bits per heavy atom. The zero-order valence-corrected chi connectivity index (χ0v) is 11.7. The Bertz CT molecular complexity index is 347. The summed E-state index contributed by atoms with van der Waals surface area (Å²) in [6, 6.07) is 4.36. The molecule has 1 saturated heterocycles. The first-order valence-electron chi connectivity index (χ1n) is 7.24. The molecular formula is C15H25N3. The van der Waals surface area contributed by atoms with E-state index >= 15 is 0 Å². The van der Waals surface area contributed by atoms with Crippen LogP contribution in [0.25, 0.3) is 0 Å². The lowest BCUT2D eigenvalue weighted by Gasteiger charge is -2.17. The van der Waals surface area contributed by atoms with Gasteiger partial charge in [0, 0.05) is 25.8 Å². The van der Waals surface area contributed by atoms with Crippen LogP contribution in [-0.4, -0.2) is 24.6 Å². The van der Waals surface area contributed by atoms with Crippen LogP contribution < -0.4 is 10.2 Å². The molecule has 1 aromatic rings. The highest BCUT2D eigenvalue weighted by Crippen LogP contribution is 2.25. The average molecular weight is 247 g/mol. The second-order valence-electron chi connectivity index (χ2n) is 5.19. The van der Waals surface area contributed by atoms with Crippen molar-refractivity contribution in [1.82, 2.24) is 10.3 Å². The van der Waals surface area contributed by atoms with Crippen molar-refractivity contribution in [2.75, 3.05) is 24.5 Å². The third-order valence-corrected chi connectivity index (χ3v) is 3.70. The minimum atomic E-state index is 0.873. The van der Waals surface area contributed by atoms with Crippen LogP contribution in [0.2, 0.25) is 0 Å². The van der Waals surface area contributed by atoms with Crippen molar-refractivity contribution in [2.24, 2.45) is 5.92 Å². The van der Waals surface area contributed by atoms with Crippen molar-refractivity contribution in [1.29, 1.82) is 0 Å². The predicted molar refractivity (Wildman–Crippen MR) is 76.8 cm³/mol. The molecule has 18 heavy (non-hydrogen) atoms. The summed E-state index contributed by atoms with van der Waals surface area (Å²) in [4.78, 5) is 7.02. The molecular weight excluding hydrogens is 222 g/mol. The van der Waals surface area contributed by atoms with E-state index in [4.69, 9.17) is 0 Å². The van der Waals surface area contributed by atoms with Crippen LogP contribution in [0, 0.1) is 5.92 Å². The number of nitrogens with one attached hydrogen (secondary N) is 1. The molecule has 0 spiro atoms. The normalized spacial score (nSPS) is 19.4. The third-order valence-electron chi connectivity index (χ3n) is 3.70. The maximum Gasteiger partial charge on any atom is 0.128 e. The summed E-state index contributed by atoms with van der Waals surface area (Å²) < 4.78 is 0. The number of hydrogen-bond donors (Lipinski definition) is 1. The Hall–Kier alpha value is -1.09. The van der Waals surface area contributed by atoms with Gasteiger partial charge in [-0.25, -0.2) is 4.98 Å². The van der Waals surface area contributed by atoms with E-state index in [1.165, 1.54) is 37.9 Å². The van der Waals surface area contributed by atoms with Gasteiger partial charge >= 0.3 is 0 Å². The molecule has 1 fully saturated rings. The fourth-order valence-electron chi connectivity index (χ4n) is 2.66. The van der Waals surface area contributed by atoms with Crippen LogP contribution in [-0.2, 0) is 6.54 Å². The lowest BCUT2D eigenvalue weighted by atomic mass is 10.0. The molecule has 0 saturated carbocycles. The highest BCUT2D eigenvalue weighted by molar-refractivity contribution is 5.40. The minimum absolute atomic E-state index is 0.873. The number of nitrogens with zero attached hydrogens (tertiary/aromatic N) is 2. The fraction of sp³-hybridized carbons (Fsp3) is 0.667. The highest BCUT2D eigenvalue weighted by atomic mass is 15.2. The van der Waals surface area contributed by atoms with E-state index in [1.807, 2.05) is 6.20 Å². The van der Waals surface area contributed by atoms with Crippen LogP contribution >= 0.6 is 0 Å². The second kappa shape index (κ2) is 6.74. The number of hydrogen-bond acceptors (Lipinski definition) is 3. The number of rotatable bonds is 6. The number of aromatic nitrogens is 1. The quantitative estimate of drug-likeness (QED) is 0.838. The monoisotopic (exact) mass is 247 g/mol. The van der Waals surface area contributed by atoms with Gasteiger partial charge in [-0.1, -0.05) is 26.3 Å². The molecule has 0 aromatic carbocycles. The van der Waals surface area contributed by atoms with E-state index in [0.717, 1.165) is 24.8 Å². The Kier molecular flexibility index (Phi) is 5.00.